The number of halogens is 2. The summed E-state index contributed by atoms with van der Waals surface area (Å²) in [6.45, 7) is 10.1. The molecule has 0 aliphatic carbocycles. The van der Waals surface area contributed by atoms with Crippen LogP contribution in [0.1, 0.15) is 41.0 Å². The molecule has 3 amide bonds. The number of anilines is 2. The summed E-state index contributed by atoms with van der Waals surface area (Å²) in [5.74, 6) is -2.38. The van der Waals surface area contributed by atoms with Crippen LogP contribution in [0.15, 0.2) is 48.5 Å². The van der Waals surface area contributed by atoms with Crippen LogP contribution < -0.4 is 16.0 Å². The first-order valence-electron chi connectivity index (χ1n) is 12.5. The van der Waals surface area contributed by atoms with Crippen molar-refractivity contribution in [1.29, 1.82) is 5.26 Å². The van der Waals surface area contributed by atoms with E-state index in [1.54, 1.807) is 0 Å². The van der Waals surface area contributed by atoms with E-state index in [2.05, 4.69) is 43.6 Å². The van der Waals surface area contributed by atoms with E-state index in [0.717, 1.165) is 30.2 Å². The van der Waals surface area contributed by atoms with E-state index >= 15 is 0 Å². The third kappa shape index (κ3) is 17.2. The van der Waals surface area contributed by atoms with Gasteiger partial charge in [0.25, 0.3) is 0 Å². The van der Waals surface area contributed by atoms with Gasteiger partial charge >= 0.3 is 0 Å². The van der Waals surface area contributed by atoms with Crippen molar-refractivity contribution in [3.05, 3.63) is 60.2 Å². The zero-order valence-corrected chi connectivity index (χ0v) is 23.8. The van der Waals surface area contributed by atoms with Gasteiger partial charge in [0, 0.05) is 43.9 Å². The van der Waals surface area contributed by atoms with Crippen LogP contribution in [-0.2, 0) is 19.2 Å². The molecule has 0 spiro atoms. The quantitative estimate of drug-likeness (QED) is 0.451. The van der Waals surface area contributed by atoms with Gasteiger partial charge in [-0.1, -0.05) is 45.9 Å². The number of nitriles is 1. The molecule has 0 saturated carbocycles. The van der Waals surface area contributed by atoms with Crippen LogP contribution in [0, 0.1) is 34.3 Å². The second kappa shape index (κ2) is 18.8. The number of hydrogen-bond acceptors (Lipinski definition) is 6. The molecule has 0 bridgehead atoms. The van der Waals surface area contributed by atoms with Crippen LogP contribution in [0.5, 0.6) is 0 Å². The highest BCUT2D eigenvalue weighted by Crippen LogP contribution is 2.21. The lowest BCUT2D eigenvalue weighted by atomic mass is 10.0. The average Bonchev–Trinajstić information content (AvgIpc) is 3.30. The van der Waals surface area contributed by atoms with Gasteiger partial charge in [0.15, 0.2) is 0 Å². The van der Waals surface area contributed by atoms with Crippen LogP contribution in [0.3, 0.4) is 0 Å². The Hall–Kier alpha value is -4.33. The van der Waals surface area contributed by atoms with Crippen molar-refractivity contribution < 1.29 is 28.0 Å². The molecular weight excluding hydrogens is 520 g/mol. The van der Waals surface area contributed by atoms with E-state index in [9.17, 15) is 28.0 Å². The van der Waals surface area contributed by atoms with Crippen LogP contribution in [0.25, 0.3) is 0 Å². The molecule has 1 fully saturated rings. The van der Waals surface area contributed by atoms with Crippen molar-refractivity contribution in [3.8, 4) is 6.07 Å². The highest BCUT2D eigenvalue weighted by atomic mass is 19.1. The molecule has 0 aromatic heterocycles. The Labute approximate surface area is 234 Å². The van der Waals surface area contributed by atoms with E-state index in [1.807, 2.05) is 43.4 Å². The summed E-state index contributed by atoms with van der Waals surface area (Å²) in [5.41, 5.74) is 1.78. The number of carbonyl (C=O) groups is 4. The second-order valence-corrected chi connectivity index (χ2v) is 10.3. The molecule has 1 heterocycles. The van der Waals surface area contributed by atoms with Gasteiger partial charge in [-0.25, -0.2) is 8.78 Å². The van der Waals surface area contributed by atoms with E-state index in [0.29, 0.717) is 18.2 Å². The fourth-order valence-corrected chi connectivity index (χ4v) is 3.03. The molecule has 40 heavy (non-hydrogen) atoms. The van der Waals surface area contributed by atoms with Gasteiger partial charge in [-0.15, -0.1) is 0 Å². The maximum Gasteiger partial charge on any atom is 0.243 e. The second-order valence-electron chi connectivity index (χ2n) is 10.3. The summed E-state index contributed by atoms with van der Waals surface area (Å²) in [5, 5.41) is 16.3. The molecule has 1 aliphatic heterocycles. The largest absolute Gasteiger partial charge is 0.388 e. The molecule has 1 aliphatic rings. The van der Waals surface area contributed by atoms with Crippen molar-refractivity contribution in [1.82, 2.24) is 10.2 Å². The maximum atomic E-state index is 12.5. The molecule has 3 N–H and O–H groups in total. The highest BCUT2D eigenvalue weighted by molar-refractivity contribution is 5.88. The van der Waals surface area contributed by atoms with E-state index in [4.69, 9.17) is 5.26 Å². The number of carbonyl (C=O) groups excluding carboxylic acids is 4. The van der Waals surface area contributed by atoms with E-state index in [1.165, 1.54) is 11.8 Å². The summed E-state index contributed by atoms with van der Waals surface area (Å²) < 4.78 is 25.0. The lowest BCUT2D eigenvalue weighted by Gasteiger charge is -2.18. The van der Waals surface area contributed by atoms with Gasteiger partial charge in [-0.05, 0) is 36.1 Å². The van der Waals surface area contributed by atoms with Crippen molar-refractivity contribution in [3.63, 3.8) is 0 Å². The Morgan fingerprint density at radius 1 is 1.05 bits per heavy atom. The fraction of sp³-hybridized carbons (Fsp3) is 0.414. The van der Waals surface area contributed by atoms with Gasteiger partial charge in [0.1, 0.15) is 24.0 Å². The molecule has 9 nitrogen and oxygen atoms in total. The molecule has 2 aromatic carbocycles. The Bertz CT molecular complexity index is 1090. The summed E-state index contributed by atoms with van der Waals surface area (Å²) in [6.07, 6.45) is 1.56. The number of likely N-dealkylation sites (tertiary alicyclic amines) is 1. The number of benzene rings is 2. The number of rotatable bonds is 6. The Kier molecular flexibility index (Phi) is 16.8. The molecule has 11 heteroatoms. The minimum absolute atomic E-state index is 0.125. The van der Waals surface area contributed by atoms with Gasteiger partial charge in [-0.2, -0.15) is 5.26 Å². The zero-order chi connectivity index (χ0) is 30.7. The average molecular weight is 560 g/mol. The van der Waals surface area contributed by atoms with Crippen molar-refractivity contribution >= 4 is 35.9 Å². The van der Waals surface area contributed by atoms with Gasteiger partial charge in [0.05, 0.1) is 12.6 Å². The first-order valence-corrected chi connectivity index (χ1v) is 12.5. The van der Waals surface area contributed by atoms with Crippen LogP contribution >= 0.6 is 0 Å². The molecule has 2 unspecified atom stereocenters. The number of aldehydes is 1. The first kappa shape index (κ1) is 35.7. The van der Waals surface area contributed by atoms with Gasteiger partial charge in [0.2, 0.25) is 18.2 Å². The molecular formula is C29H39F2N5O4. The van der Waals surface area contributed by atoms with Crippen LogP contribution in [0.2, 0.25) is 0 Å². The first-order chi connectivity index (χ1) is 18.7. The van der Waals surface area contributed by atoms with Crippen molar-refractivity contribution in [2.45, 2.75) is 47.1 Å². The van der Waals surface area contributed by atoms with E-state index < -0.39 is 17.7 Å². The van der Waals surface area contributed by atoms with Crippen molar-refractivity contribution in [2.24, 2.45) is 11.3 Å². The minimum atomic E-state index is -0.709. The smallest absolute Gasteiger partial charge is 0.243 e. The zero-order valence-electron chi connectivity index (χ0n) is 23.8. The van der Waals surface area contributed by atoms with E-state index in [-0.39, 0.29) is 36.5 Å². The number of para-hydroxylation sites is 1. The molecule has 0 radical (unpaired) electrons. The predicted octanol–water partition coefficient (Wildman–Crippen LogP) is 4.38. The number of hydrogen-bond donors (Lipinski definition) is 3. The topological polar surface area (TPSA) is 131 Å². The highest BCUT2D eigenvalue weighted by Gasteiger charge is 2.34. The maximum absolute atomic E-state index is 12.5. The predicted molar refractivity (Wildman–Crippen MR) is 151 cm³/mol. The molecule has 3 rings (SSSR count). The van der Waals surface area contributed by atoms with Gasteiger partial charge in [-0.3, -0.25) is 14.4 Å². The molecule has 1 saturated heterocycles. The summed E-state index contributed by atoms with van der Waals surface area (Å²) in [4.78, 5) is 43.8. The third-order valence-electron chi connectivity index (χ3n) is 4.58. The third-order valence-corrected chi connectivity index (χ3v) is 4.58. The lowest BCUT2D eigenvalue weighted by Crippen LogP contribution is -2.40. The van der Waals surface area contributed by atoms with Gasteiger partial charge < -0.3 is 25.6 Å². The monoisotopic (exact) mass is 559 g/mol. The Balaban J connectivity index is 0.000000543. The summed E-state index contributed by atoms with van der Waals surface area (Å²) >= 11 is 0. The number of nitrogens with zero attached hydrogens (tertiary/aromatic N) is 2. The summed E-state index contributed by atoms with van der Waals surface area (Å²) in [6, 6.07) is 14.3. The van der Waals surface area contributed by atoms with Crippen molar-refractivity contribution in [2.75, 3.05) is 30.8 Å². The SMILES string of the molecule is CC(=O)Nc1cc(F)cc(F)c1.CC(C)(C)C.CNc1ccccc1.N#CC1CC(C=O)CN1C(=O)CNC=O. The standard InChI is InChI=1S/C9H11N3O3.C8H7F2NO.C7H9N.C5H12/c10-2-8-1-7(5-13)4-12(8)9(15)3-11-6-14;1-5(12)11-8-3-6(9)2-7(10)4-8;1-8-7-5-3-2-4-6-7;1-5(2,3)4/h5-8H,1,3-4H2,(H,11,14);2-4H,1H3,(H,11,12);2-6,8H,1H3;1-4H3. The molecule has 218 valence electrons. The Morgan fingerprint density at radius 2 is 1.60 bits per heavy atom. The number of nitrogens with one attached hydrogen (secondary N) is 3. The number of amides is 3. The molecule has 2 atom stereocenters. The van der Waals surface area contributed by atoms with Crippen LogP contribution in [0.4, 0.5) is 20.2 Å². The summed E-state index contributed by atoms with van der Waals surface area (Å²) in [7, 11) is 1.91. The normalized spacial score (nSPS) is 15.2. The Morgan fingerprint density at radius 3 is 2.00 bits per heavy atom. The molecule has 2 aromatic rings. The minimum Gasteiger partial charge on any atom is -0.388 e. The van der Waals surface area contributed by atoms with Crippen LogP contribution in [-0.4, -0.2) is 55.6 Å². The lowest BCUT2D eigenvalue weighted by molar-refractivity contribution is -0.131. The fourth-order valence-electron chi connectivity index (χ4n) is 3.03.